The van der Waals surface area contributed by atoms with Gasteiger partial charge in [-0.15, -0.1) is 5.10 Å². The van der Waals surface area contributed by atoms with Crippen LogP contribution in [0.3, 0.4) is 0 Å². The van der Waals surface area contributed by atoms with Crippen LogP contribution in [0.15, 0.2) is 89.1 Å². The third-order valence-electron chi connectivity index (χ3n) is 4.09. The van der Waals surface area contributed by atoms with Crippen molar-refractivity contribution in [2.24, 2.45) is 10.2 Å². The van der Waals surface area contributed by atoms with Crippen molar-refractivity contribution < 1.29 is 14.3 Å². The molecule has 0 bridgehead atoms. The Labute approximate surface area is 164 Å². The van der Waals surface area contributed by atoms with Gasteiger partial charge in [-0.1, -0.05) is 60.7 Å². The van der Waals surface area contributed by atoms with E-state index in [-0.39, 0.29) is 11.5 Å². The number of carbonyl (C=O) groups is 1. The zero-order valence-corrected chi connectivity index (χ0v) is 15.7. The summed E-state index contributed by atoms with van der Waals surface area (Å²) in [5.74, 6) is 1.10. The Morgan fingerprint density at radius 2 is 1.46 bits per heavy atom. The summed E-state index contributed by atoms with van der Waals surface area (Å²) >= 11 is 0. The molecule has 0 unspecified atom stereocenters. The van der Waals surface area contributed by atoms with Crippen LogP contribution in [-0.2, 0) is 0 Å². The van der Waals surface area contributed by atoms with Gasteiger partial charge in [0.25, 0.3) is 0 Å². The maximum absolute atomic E-state index is 12.9. The van der Waals surface area contributed by atoms with E-state index >= 15 is 0 Å². The molecule has 0 aliphatic carbocycles. The van der Waals surface area contributed by atoms with Gasteiger partial charge in [0.05, 0.1) is 20.4 Å². The van der Waals surface area contributed by atoms with Crippen LogP contribution in [0.1, 0.15) is 21.5 Å². The van der Waals surface area contributed by atoms with Gasteiger partial charge in [0.15, 0.2) is 0 Å². The third-order valence-corrected chi connectivity index (χ3v) is 4.09. The molecule has 5 heteroatoms. The lowest BCUT2D eigenvalue weighted by molar-refractivity contribution is 0.106. The topological polar surface area (TPSA) is 60.2 Å². The number of nitrogens with zero attached hydrogens (tertiary/aromatic N) is 2. The second-order valence-electron chi connectivity index (χ2n) is 5.86. The number of ketones is 1. The van der Waals surface area contributed by atoms with Crippen LogP contribution >= 0.6 is 0 Å². The van der Waals surface area contributed by atoms with Gasteiger partial charge in [-0.2, -0.15) is 5.10 Å². The molecule has 0 heterocycles. The lowest BCUT2D eigenvalue weighted by Gasteiger charge is -2.07. The van der Waals surface area contributed by atoms with Crippen LogP contribution < -0.4 is 9.47 Å². The number of hydrogen-bond acceptors (Lipinski definition) is 5. The van der Waals surface area contributed by atoms with Crippen LogP contribution in [0, 0.1) is 0 Å². The summed E-state index contributed by atoms with van der Waals surface area (Å²) in [6, 6.07) is 23.7. The smallest absolute Gasteiger partial charge is 0.213 e. The molecule has 28 heavy (non-hydrogen) atoms. The minimum Gasteiger partial charge on any atom is -0.497 e. The first kappa shape index (κ1) is 19.0. The zero-order valence-electron chi connectivity index (χ0n) is 15.7. The lowest BCUT2D eigenvalue weighted by Crippen LogP contribution is -2.15. The highest BCUT2D eigenvalue weighted by Gasteiger charge is 2.16. The number of rotatable bonds is 7. The fourth-order valence-corrected chi connectivity index (χ4v) is 2.63. The van der Waals surface area contributed by atoms with E-state index in [1.807, 2.05) is 54.6 Å². The normalized spacial score (nSPS) is 11.4. The van der Waals surface area contributed by atoms with Gasteiger partial charge in [-0.05, 0) is 12.1 Å². The van der Waals surface area contributed by atoms with Gasteiger partial charge in [0, 0.05) is 22.8 Å². The van der Waals surface area contributed by atoms with Gasteiger partial charge >= 0.3 is 0 Å². The molecule has 0 saturated carbocycles. The first-order chi connectivity index (χ1) is 13.7. The molecule has 0 aromatic heterocycles. The van der Waals surface area contributed by atoms with E-state index in [4.69, 9.17) is 9.47 Å². The Kier molecular flexibility index (Phi) is 6.31. The van der Waals surface area contributed by atoms with Crippen LogP contribution in [0.5, 0.6) is 11.5 Å². The van der Waals surface area contributed by atoms with E-state index in [2.05, 4.69) is 10.2 Å². The van der Waals surface area contributed by atoms with Crippen molar-refractivity contribution in [3.8, 4) is 11.5 Å². The SMILES string of the molecule is COc1ccc(C=NN=C(C(=O)c2ccccc2)c2ccccc2)c(OC)c1. The van der Waals surface area contributed by atoms with Crippen molar-refractivity contribution in [1.29, 1.82) is 0 Å². The molecule has 140 valence electrons. The van der Waals surface area contributed by atoms with Gasteiger partial charge in [0.1, 0.15) is 17.2 Å². The molecule has 0 aliphatic heterocycles. The maximum Gasteiger partial charge on any atom is 0.213 e. The number of ether oxygens (including phenoxy) is 2. The Hall–Kier alpha value is -3.73. The van der Waals surface area contributed by atoms with Crippen LogP contribution in [0.4, 0.5) is 0 Å². The van der Waals surface area contributed by atoms with Crippen molar-refractivity contribution in [1.82, 2.24) is 0 Å². The highest BCUT2D eigenvalue weighted by molar-refractivity contribution is 6.51. The van der Waals surface area contributed by atoms with Crippen LogP contribution in [0.2, 0.25) is 0 Å². The Balaban J connectivity index is 1.96. The van der Waals surface area contributed by atoms with Crippen LogP contribution in [-0.4, -0.2) is 31.9 Å². The van der Waals surface area contributed by atoms with Crippen LogP contribution in [0.25, 0.3) is 0 Å². The van der Waals surface area contributed by atoms with Crippen molar-refractivity contribution >= 4 is 17.7 Å². The summed E-state index contributed by atoms with van der Waals surface area (Å²) in [4.78, 5) is 12.9. The molecule has 0 atom stereocenters. The van der Waals surface area contributed by atoms with E-state index in [9.17, 15) is 4.79 Å². The quantitative estimate of drug-likeness (QED) is 0.351. The van der Waals surface area contributed by atoms with Crippen molar-refractivity contribution in [3.05, 3.63) is 95.6 Å². The van der Waals surface area contributed by atoms with E-state index < -0.39 is 0 Å². The number of carbonyl (C=O) groups excluding carboxylic acids is 1. The molecular weight excluding hydrogens is 352 g/mol. The van der Waals surface area contributed by atoms with E-state index in [0.717, 1.165) is 5.56 Å². The maximum atomic E-state index is 12.9. The summed E-state index contributed by atoms with van der Waals surface area (Å²) in [5.41, 5.74) is 2.26. The van der Waals surface area contributed by atoms with Crippen molar-refractivity contribution in [2.45, 2.75) is 0 Å². The molecule has 3 rings (SSSR count). The first-order valence-electron chi connectivity index (χ1n) is 8.71. The molecule has 3 aromatic rings. The van der Waals surface area contributed by atoms with Gasteiger partial charge in [-0.3, -0.25) is 4.79 Å². The highest BCUT2D eigenvalue weighted by Crippen LogP contribution is 2.23. The van der Waals surface area contributed by atoms with Gasteiger partial charge < -0.3 is 9.47 Å². The fourth-order valence-electron chi connectivity index (χ4n) is 2.63. The summed E-state index contributed by atoms with van der Waals surface area (Å²) in [6.07, 6.45) is 1.56. The Bertz CT molecular complexity index is 997. The minimum absolute atomic E-state index is 0.189. The second-order valence-corrected chi connectivity index (χ2v) is 5.86. The number of benzene rings is 3. The average Bonchev–Trinajstić information content (AvgIpc) is 2.77. The number of Topliss-reactive ketones (excluding diaryl/α,β-unsaturated/α-hetero) is 1. The summed E-state index contributed by atoms with van der Waals surface area (Å²) < 4.78 is 10.6. The molecule has 0 spiro atoms. The minimum atomic E-state index is -0.189. The lowest BCUT2D eigenvalue weighted by atomic mass is 10.0. The molecule has 0 radical (unpaired) electrons. The summed E-state index contributed by atoms with van der Waals surface area (Å²) in [7, 11) is 3.16. The van der Waals surface area contributed by atoms with E-state index in [1.165, 1.54) is 0 Å². The standard InChI is InChI=1S/C23H20N2O3/c1-27-20-14-13-19(21(15-20)28-2)16-24-25-22(17-9-5-3-6-10-17)23(26)18-11-7-4-8-12-18/h3-16H,1-2H3. The summed E-state index contributed by atoms with van der Waals surface area (Å²) in [6.45, 7) is 0. The van der Waals surface area contributed by atoms with E-state index in [1.54, 1.807) is 44.7 Å². The van der Waals surface area contributed by atoms with Gasteiger partial charge in [-0.25, -0.2) is 0 Å². The second kappa shape index (κ2) is 9.28. The largest absolute Gasteiger partial charge is 0.497 e. The predicted octanol–water partition coefficient (Wildman–Crippen LogP) is 4.41. The molecule has 0 saturated heterocycles. The van der Waals surface area contributed by atoms with Crippen molar-refractivity contribution in [3.63, 3.8) is 0 Å². The number of hydrogen-bond donors (Lipinski definition) is 0. The molecule has 0 amide bonds. The molecule has 0 fully saturated rings. The average molecular weight is 372 g/mol. The molecular formula is C23H20N2O3. The fraction of sp³-hybridized carbons (Fsp3) is 0.0870. The highest BCUT2D eigenvalue weighted by atomic mass is 16.5. The zero-order chi connectivity index (χ0) is 19.8. The molecule has 3 aromatic carbocycles. The Morgan fingerprint density at radius 3 is 2.07 bits per heavy atom. The molecule has 0 aliphatic rings. The Morgan fingerprint density at radius 1 is 0.821 bits per heavy atom. The summed E-state index contributed by atoms with van der Waals surface area (Å²) in [5, 5.41) is 8.38. The number of methoxy groups -OCH3 is 2. The third kappa shape index (κ3) is 4.51. The monoisotopic (exact) mass is 372 g/mol. The van der Waals surface area contributed by atoms with Gasteiger partial charge in [0.2, 0.25) is 5.78 Å². The van der Waals surface area contributed by atoms with Crippen molar-refractivity contribution in [2.75, 3.05) is 14.2 Å². The molecule has 5 nitrogen and oxygen atoms in total. The first-order valence-corrected chi connectivity index (χ1v) is 8.71. The molecule has 0 N–H and O–H groups in total. The van der Waals surface area contributed by atoms with E-state index in [0.29, 0.717) is 22.6 Å². The predicted molar refractivity (Wildman–Crippen MR) is 111 cm³/mol.